The van der Waals surface area contributed by atoms with Crippen LogP contribution in [0.25, 0.3) is 0 Å². The van der Waals surface area contributed by atoms with Crippen LogP contribution in [-0.4, -0.2) is 29.6 Å². The molecule has 120 valence electrons. The van der Waals surface area contributed by atoms with Crippen LogP contribution in [0.3, 0.4) is 0 Å². The van der Waals surface area contributed by atoms with Crippen LogP contribution >= 0.6 is 0 Å². The first kappa shape index (κ1) is 18.0. The van der Waals surface area contributed by atoms with E-state index in [0.717, 1.165) is 18.4 Å². The molecule has 20 heavy (non-hydrogen) atoms. The molecular formula is C18H38N2. The van der Waals surface area contributed by atoms with Gasteiger partial charge in [0, 0.05) is 18.1 Å². The smallest absolute Gasteiger partial charge is 0.0364 e. The SMILES string of the molecule is CCCCCN(C(C)C)C1(CN)CCCCC1C(C)C. The van der Waals surface area contributed by atoms with Gasteiger partial charge >= 0.3 is 0 Å². The van der Waals surface area contributed by atoms with Gasteiger partial charge in [-0.05, 0) is 51.5 Å². The van der Waals surface area contributed by atoms with Crippen LogP contribution in [0.2, 0.25) is 0 Å². The maximum Gasteiger partial charge on any atom is 0.0364 e. The summed E-state index contributed by atoms with van der Waals surface area (Å²) in [5.74, 6) is 1.51. The van der Waals surface area contributed by atoms with Crippen molar-refractivity contribution in [2.75, 3.05) is 13.1 Å². The molecule has 2 N–H and O–H groups in total. The lowest BCUT2D eigenvalue weighted by molar-refractivity contribution is -0.0338. The zero-order valence-corrected chi connectivity index (χ0v) is 14.6. The Labute approximate surface area is 127 Å². The van der Waals surface area contributed by atoms with Crippen LogP contribution in [0.15, 0.2) is 0 Å². The van der Waals surface area contributed by atoms with E-state index in [1.54, 1.807) is 0 Å². The zero-order valence-electron chi connectivity index (χ0n) is 14.6. The van der Waals surface area contributed by atoms with E-state index in [-0.39, 0.29) is 5.54 Å². The molecule has 2 atom stereocenters. The topological polar surface area (TPSA) is 29.3 Å². The lowest BCUT2D eigenvalue weighted by Crippen LogP contribution is -2.63. The first-order valence-electron chi connectivity index (χ1n) is 8.96. The molecule has 0 amide bonds. The summed E-state index contributed by atoms with van der Waals surface area (Å²) in [5.41, 5.74) is 6.63. The maximum absolute atomic E-state index is 6.37. The van der Waals surface area contributed by atoms with Gasteiger partial charge in [0.15, 0.2) is 0 Å². The molecule has 2 heteroatoms. The molecule has 1 saturated carbocycles. The summed E-state index contributed by atoms with van der Waals surface area (Å²) in [6, 6.07) is 0.606. The second-order valence-corrected chi connectivity index (χ2v) is 7.40. The molecule has 1 rings (SSSR count). The molecule has 0 radical (unpaired) electrons. The van der Waals surface area contributed by atoms with E-state index in [1.807, 2.05) is 0 Å². The fourth-order valence-electron chi connectivity index (χ4n) is 4.46. The standard InChI is InChI=1S/C18H38N2/c1-6-7-10-13-20(16(4)5)18(14-19)12-9-8-11-17(18)15(2)3/h15-17H,6-14,19H2,1-5H3. The van der Waals surface area contributed by atoms with Crippen molar-refractivity contribution in [1.82, 2.24) is 4.90 Å². The lowest BCUT2D eigenvalue weighted by atomic mass is 9.66. The molecule has 0 saturated heterocycles. The minimum atomic E-state index is 0.258. The normalized spacial score (nSPS) is 27.8. The third kappa shape index (κ3) is 3.98. The maximum atomic E-state index is 6.37. The quantitative estimate of drug-likeness (QED) is 0.667. The van der Waals surface area contributed by atoms with Gasteiger partial charge in [0.2, 0.25) is 0 Å². The van der Waals surface area contributed by atoms with E-state index in [4.69, 9.17) is 5.73 Å². The Bertz CT molecular complexity index is 262. The zero-order chi connectivity index (χ0) is 15.2. The average molecular weight is 283 g/mol. The number of nitrogens with zero attached hydrogens (tertiary/aromatic N) is 1. The van der Waals surface area contributed by atoms with Crippen molar-refractivity contribution in [2.45, 2.75) is 91.1 Å². The molecule has 0 heterocycles. The first-order valence-corrected chi connectivity index (χ1v) is 8.96. The Balaban J connectivity index is 2.94. The highest BCUT2D eigenvalue weighted by Crippen LogP contribution is 2.43. The van der Waals surface area contributed by atoms with E-state index in [2.05, 4.69) is 39.5 Å². The van der Waals surface area contributed by atoms with E-state index >= 15 is 0 Å². The number of rotatable bonds is 8. The van der Waals surface area contributed by atoms with Gasteiger partial charge in [0.05, 0.1) is 0 Å². The van der Waals surface area contributed by atoms with Gasteiger partial charge in [-0.1, -0.05) is 46.5 Å². The Hall–Kier alpha value is -0.0800. The Morgan fingerprint density at radius 1 is 1.15 bits per heavy atom. The summed E-state index contributed by atoms with van der Waals surface area (Å²) in [5, 5.41) is 0. The predicted octanol–water partition coefficient (Wildman–Crippen LogP) is 4.43. The third-order valence-electron chi connectivity index (χ3n) is 5.42. The fourth-order valence-corrected chi connectivity index (χ4v) is 4.46. The Kier molecular flexibility index (Phi) is 7.53. The molecule has 1 aliphatic rings. The lowest BCUT2D eigenvalue weighted by Gasteiger charge is -2.54. The van der Waals surface area contributed by atoms with E-state index < -0.39 is 0 Å². The molecule has 0 spiro atoms. The molecular weight excluding hydrogens is 244 g/mol. The molecule has 2 nitrogen and oxygen atoms in total. The van der Waals surface area contributed by atoms with Gasteiger partial charge in [-0.25, -0.2) is 0 Å². The summed E-state index contributed by atoms with van der Waals surface area (Å²) in [6.45, 7) is 13.8. The minimum Gasteiger partial charge on any atom is -0.329 e. The highest BCUT2D eigenvalue weighted by molar-refractivity contribution is 5.01. The van der Waals surface area contributed by atoms with Crippen LogP contribution < -0.4 is 5.73 Å². The number of hydrogen-bond acceptors (Lipinski definition) is 2. The summed E-state index contributed by atoms with van der Waals surface area (Å²) >= 11 is 0. The molecule has 2 unspecified atom stereocenters. The second-order valence-electron chi connectivity index (χ2n) is 7.40. The first-order chi connectivity index (χ1) is 9.49. The van der Waals surface area contributed by atoms with E-state index in [9.17, 15) is 0 Å². The highest BCUT2D eigenvalue weighted by Gasteiger charge is 2.45. The average Bonchev–Trinajstić information content (AvgIpc) is 2.43. The predicted molar refractivity (Wildman–Crippen MR) is 89.9 cm³/mol. The summed E-state index contributed by atoms with van der Waals surface area (Å²) in [7, 11) is 0. The van der Waals surface area contributed by atoms with Gasteiger partial charge < -0.3 is 5.73 Å². The minimum absolute atomic E-state index is 0.258. The van der Waals surface area contributed by atoms with Crippen LogP contribution in [0.1, 0.15) is 79.6 Å². The van der Waals surface area contributed by atoms with Crippen molar-refractivity contribution < 1.29 is 0 Å². The van der Waals surface area contributed by atoms with Gasteiger partial charge in [-0.3, -0.25) is 4.90 Å². The largest absolute Gasteiger partial charge is 0.329 e. The van der Waals surface area contributed by atoms with Crippen molar-refractivity contribution in [3.8, 4) is 0 Å². The van der Waals surface area contributed by atoms with Gasteiger partial charge in [-0.15, -0.1) is 0 Å². The number of hydrogen-bond donors (Lipinski definition) is 1. The Morgan fingerprint density at radius 2 is 1.85 bits per heavy atom. The summed E-state index contributed by atoms with van der Waals surface area (Å²) < 4.78 is 0. The molecule has 0 aromatic carbocycles. The van der Waals surface area contributed by atoms with Crippen molar-refractivity contribution in [3.63, 3.8) is 0 Å². The third-order valence-corrected chi connectivity index (χ3v) is 5.42. The Morgan fingerprint density at radius 3 is 2.35 bits per heavy atom. The van der Waals surface area contributed by atoms with Crippen molar-refractivity contribution in [3.05, 3.63) is 0 Å². The molecule has 0 aromatic rings. The monoisotopic (exact) mass is 282 g/mol. The number of nitrogens with two attached hydrogens (primary N) is 1. The van der Waals surface area contributed by atoms with Crippen molar-refractivity contribution in [2.24, 2.45) is 17.6 Å². The molecule has 0 bridgehead atoms. The molecule has 0 aromatic heterocycles. The van der Waals surface area contributed by atoms with E-state index in [0.29, 0.717) is 6.04 Å². The molecule has 0 aliphatic heterocycles. The van der Waals surface area contributed by atoms with Gasteiger partial charge in [-0.2, -0.15) is 0 Å². The second kappa shape index (κ2) is 8.38. The van der Waals surface area contributed by atoms with Crippen LogP contribution in [-0.2, 0) is 0 Å². The summed E-state index contributed by atoms with van der Waals surface area (Å²) in [6.07, 6.45) is 9.39. The highest BCUT2D eigenvalue weighted by atomic mass is 15.2. The van der Waals surface area contributed by atoms with Crippen molar-refractivity contribution >= 4 is 0 Å². The van der Waals surface area contributed by atoms with Gasteiger partial charge in [0.1, 0.15) is 0 Å². The van der Waals surface area contributed by atoms with Crippen LogP contribution in [0.4, 0.5) is 0 Å². The fraction of sp³-hybridized carbons (Fsp3) is 1.00. The van der Waals surface area contributed by atoms with Crippen LogP contribution in [0.5, 0.6) is 0 Å². The van der Waals surface area contributed by atoms with Gasteiger partial charge in [0.25, 0.3) is 0 Å². The number of unbranched alkanes of at least 4 members (excludes halogenated alkanes) is 2. The van der Waals surface area contributed by atoms with Crippen molar-refractivity contribution in [1.29, 1.82) is 0 Å². The molecule has 1 fully saturated rings. The summed E-state index contributed by atoms with van der Waals surface area (Å²) in [4.78, 5) is 2.77. The van der Waals surface area contributed by atoms with Crippen LogP contribution in [0, 0.1) is 11.8 Å². The molecule has 1 aliphatic carbocycles. The van der Waals surface area contributed by atoms with E-state index in [1.165, 1.54) is 51.5 Å².